The normalized spacial score (nSPS) is 14.4. The summed E-state index contributed by atoms with van der Waals surface area (Å²) in [5.74, 6) is -0.240. The number of hydrogen-bond donors (Lipinski definition) is 1. The number of rotatable bonds is 7. The number of alkyl halides is 3. The third kappa shape index (κ3) is 6.50. The summed E-state index contributed by atoms with van der Waals surface area (Å²) in [6, 6.07) is 16.0. The lowest BCUT2D eigenvalue weighted by molar-refractivity contribution is -0.138. The topological polar surface area (TPSA) is 53.0 Å². The lowest BCUT2D eigenvalue weighted by Crippen LogP contribution is -2.33. The molecule has 0 saturated carbocycles. The van der Waals surface area contributed by atoms with Crippen molar-refractivity contribution in [3.63, 3.8) is 0 Å². The maximum atomic E-state index is 13.8. The maximum Gasteiger partial charge on any atom is 0.417 e. The van der Waals surface area contributed by atoms with Gasteiger partial charge in [-0.3, -0.25) is 14.6 Å². The number of carbonyl (C=O) groups is 1. The minimum Gasteiger partial charge on any atom is -0.508 e. The Labute approximate surface area is 221 Å². The van der Waals surface area contributed by atoms with Gasteiger partial charge in [-0.25, -0.2) is 0 Å². The number of likely N-dealkylation sites (tertiary alicyclic amines) is 1. The molecule has 0 spiro atoms. The molecule has 1 saturated heterocycles. The van der Waals surface area contributed by atoms with Crippen molar-refractivity contribution in [2.75, 3.05) is 31.1 Å². The Morgan fingerprint density at radius 3 is 2.17 bits per heavy atom. The fourth-order valence-corrected chi connectivity index (χ4v) is 4.70. The number of phenols is 1. The molecule has 0 atom stereocenters. The van der Waals surface area contributed by atoms with Crippen LogP contribution in [-0.2, 0) is 6.18 Å². The SMILES string of the molecule is O=C(c1ccc(I)cc1C(F)(F)F)N(c1ccc(O)cc1)c1ccc(OCCN2CCCCC2)cc1. The summed E-state index contributed by atoms with van der Waals surface area (Å²) in [7, 11) is 0. The molecule has 1 aliphatic heterocycles. The van der Waals surface area contributed by atoms with E-state index in [-0.39, 0.29) is 5.75 Å². The first-order valence-electron chi connectivity index (χ1n) is 11.7. The smallest absolute Gasteiger partial charge is 0.417 e. The van der Waals surface area contributed by atoms with Crippen LogP contribution in [0.4, 0.5) is 24.5 Å². The standard InChI is InChI=1S/C27H26F3IN2O3/c28-27(29,30)25-18-19(31)4-13-24(25)26(35)33(20-5-9-22(34)10-6-20)21-7-11-23(12-8-21)36-17-16-32-14-2-1-3-15-32/h4-13,18,34H,1-3,14-17H2. The van der Waals surface area contributed by atoms with Gasteiger partial charge in [-0.15, -0.1) is 0 Å². The summed E-state index contributed by atoms with van der Waals surface area (Å²) in [6.07, 6.45) is -1.03. The average Bonchev–Trinajstić information content (AvgIpc) is 2.86. The minimum atomic E-state index is -4.70. The van der Waals surface area contributed by atoms with Gasteiger partial charge in [0.2, 0.25) is 0 Å². The zero-order chi connectivity index (χ0) is 25.7. The summed E-state index contributed by atoms with van der Waals surface area (Å²) >= 11 is 1.79. The maximum absolute atomic E-state index is 13.8. The summed E-state index contributed by atoms with van der Waals surface area (Å²) in [6.45, 7) is 3.50. The Balaban J connectivity index is 1.60. The highest BCUT2D eigenvalue weighted by Crippen LogP contribution is 2.36. The van der Waals surface area contributed by atoms with Crippen molar-refractivity contribution in [2.45, 2.75) is 25.4 Å². The number of piperidine rings is 1. The zero-order valence-electron chi connectivity index (χ0n) is 19.5. The first-order chi connectivity index (χ1) is 17.2. The molecule has 4 rings (SSSR count). The molecule has 1 heterocycles. The van der Waals surface area contributed by atoms with E-state index in [1.807, 2.05) is 0 Å². The number of halogens is 4. The highest BCUT2D eigenvalue weighted by atomic mass is 127. The first-order valence-corrected chi connectivity index (χ1v) is 12.8. The van der Waals surface area contributed by atoms with Crippen LogP contribution in [0.3, 0.4) is 0 Å². The third-order valence-corrected chi connectivity index (χ3v) is 6.72. The molecule has 0 bridgehead atoms. The Bertz CT molecular complexity index is 1180. The average molecular weight is 610 g/mol. The van der Waals surface area contributed by atoms with E-state index in [0.29, 0.717) is 27.3 Å². The fraction of sp³-hybridized carbons (Fsp3) is 0.296. The number of carbonyl (C=O) groups excluding carboxylic acids is 1. The van der Waals surface area contributed by atoms with Crippen molar-refractivity contribution in [2.24, 2.45) is 0 Å². The summed E-state index contributed by atoms with van der Waals surface area (Å²) in [4.78, 5) is 17.1. The first kappa shape index (κ1) is 26.3. The quantitative estimate of drug-likeness (QED) is 0.297. The number of amides is 1. The van der Waals surface area contributed by atoms with Crippen LogP contribution in [0.2, 0.25) is 0 Å². The van der Waals surface area contributed by atoms with Crippen LogP contribution in [0.5, 0.6) is 11.5 Å². The van der Waals surface area contributed by atoms with E-state index in [1.54, 1.807) is 46.9 Å². The second kappa shape index (κ2) is 11.5. The Kier molecular flexibility index (Phi) is 8.40. The number of hydrogen-bond acceptors (Lipinski definition) is 4. The lowest BCUT2D eigenvalue weighted by Gasteiger charge is -2.26. The van der Waals surface area contributed by atoms with Crippen molar-refractivity contribution in [3.8, 4) is 11.5 Å². The molecule has 0 aliphatic carbocycles. The summed E-state index contributed by atoms with van der Waals surface area (Å²) < 4.78 is 47.6. The molecule has 1 N–H and O–H groups in total. The van der Waals surface area contributed by atoms with Crippen LogP contribution in [0.15, 0.2) is 66.7 Å². The van der Waals surface area contributed by atoms with Gasteiger partial charge in [0.15, 0.2) is 0 Å². The molecular weight excluding hydrogens is 584 g/mol. The van der Waals surface area contributed by atoms with Crippen molar-refractivity contribution in [3.05, 3.63) is 81.4 Å². The van der Waals surface area contributed by atoms with Crippen LogP contribution >= 0.6 is 22.6 Å². The molecule has 1 aliphatic rings. The van der Waals surface area contributed by atoms with Gasteiger partial charge in [-0.05, 0) is 115 Å². The number of nitrogens with zero attached hydrogens (tertiary/aromatic N) is 2. The second-order valence-electron chi connectivity index (χ2n) is 8.59. The Morgan fingerprint density at radius 2 is 1.56 bits per heavy atom. The molecule has 3 aromatic rings. The number of anilines is 2. The van der Waals surface area contributed by atoms with Crippen LogP contribution in [0.25, 0.3) is 0 Å². The predicted molar refractivity (Wildman–Crippen MR) is 141 cm³/mol. The van der Waals surface area contributed by atoms with Crippen LogP contribution in [0, 0.1) is 3.57 Å². The minimum absolute atomic E-state index is 0.0196. The monoisotopic (exact) mass is 610 g/mol. The molecule has 0 aromatic heterocycles. The molecule has 1 amide bonds. The molecule has 1 fully saturated rings. The van der Waals surface area contributed by atoms with Gasteiger partial charge in [0, 0.05) is 21.5 Å². The van der Waals surface area contributed by atoms with Crippen molar-refractivity contribution >= 4 is 39.9 Å². The molecule has 36 heavy (non-hydrogen) atoms. The van der Waals surface area contributed by atoms with E-state index in [1.165, 1.54) is 60.6 Å². The van der Waals surface area contributed by atoms with Gasteiger partial charge in [0.05, 0.1) is 11.1 Å². The van der Waals surface area contributed by atoms with Gasteiger partial charge in [0.25, 0.3) is 5.91 Å². The summed E-state index contributed by atoms with van der Waals surface area (Å²) in [5.41, 5.74) is -0.761. The van der Waals surface area contributed by atoms with Crippen molar-refractivity contribution in [1.82, 2.24) is 4.90 Å². The van der Waals surface area contributed by atoms with Gasteiger partial charge >= 0.3 is 6.18 Å². The third-order valence-electron chi connectivity index (χ3n) is 6.05. The van der Waals surface area contributed by atoms with E-state index in [4.69, 9.17) is 4.74 Å². The molecule has 0 radical (unpaired) electrons. The number of ether oxygens (including phenoxy) is 1. The number of benzene rings is 3. The predicted octanol–water partition coefficient (Wildman–Crippen LogP) is 6.86. The number of aromatic hydroxyl groups is 1. The molecule has 9 heteroatoms. The highest BCUT2D eigenvalue weighted by Gasteiger charge is 2.37. The van der Waals surface area contributed by atoms with Crippen LogP contribution < -0.4 is 9.64 Å². The van der Waals surface area contributed by atoms with E-state index >= 15 is 0 Å². The lowest BCUT2D eigenvalue weighted by atomic mass is 10.0. The van der Waals surface area contributed by atoms with Crippen LogP contribution in [-0.4, -0.2) is 42.2 Å². The Hall–Kier alpha value is -2.79. The van der Waals surface area contributed by atoms with Gasteiger partial charge in [-0.2, -0.15) is 13.2 Å². The van der Waals surface area contributed by atoms with Crippen molar-refractivity contribution in [1.29, 1.82) is 0 Å². The fourth-order valence-electron chi connectivity index (χ4n) is 4.21. The zero-order valence-corrected chi connectivity index (χ0v) is 21.6. The van der Waals surface area contributed by atoms with E-state index in [0.717, 1.165) is 25.7 Å². The van der Waals surface area contributed by atoms with Gasteiger partial charge in [-0.1, -0.05) is 6.42 Å². The Morgan fingerprint density at radius 1 is 0.944 bits per heavy atom. The van der Waals surface area contributed by atoms with E-state index in [9.17, 15) is 23.1 Å². The second-order valence-corrected chi connectivity index (χ2v) is 9.83. The summed E-state index contributed by atoms with van der Waals surface area (Å²) in [5, 5.41) is 9.69. The largest absolute Gasteiger partial charge is 0.508 e. The molecule has 3 aromatic carbocycles. The van der Waals surface area contributed by atoms with Crippen LogP contribution in [0.1, 0.15) is 35.2 Å². The molecule has 0 unspecified atom stereocenters. The van der Waals surface area contributed by atoms with E-state index < -0.39 is 23.2 Å². The van der Waals surface area contributed by atoms with E-state index in [2.05, 4.69) is 4.90 Å². The van der Waals surface area contributed by atoms with Gasteiger partial charge in [0.1, 0.15) is 18.1 Å². The number of phenolic OH excluding ortho intramolecular Hbond substituents is 1. The van der Waals surface area contributed by atoms with Crippen molar-refractivity contribution < 1.29 is 27.8 Å². The molecular formula is C27H26F3IN2O3. The van der Waals surface area contributed by atoms with Gasteiger partial charge < -0.3 is 9.84 Å². The highest BCUT2D eigenvalue weighted by molar-refractivity contribution is 14.1. The molecule has 5 nitrogen and oxygen atoms in total. The molecule has 190 valence electrons.